The van der Waals surface area contributed by atoms with Crippen molar-refractivity contribution >= 4 is 0 Å². The SMILES string of the molecule is N/C1=C/C=C\C=C(\N)CC=C1. The van der Waals surface area contributed by atoms with E-state index in [1.54, 1.807) is 0 Å². The summed E-state index contributed by atoms with van der Waals surface area (Å²) in [6, 6.07) is 0. The lowest BCUT2D eigenvalue weighted by atomic mass is 10.3. The van der Waals surface area contributed by atoms with Crippen LogP contribution in [0.3, 0.4) is 0 Å². The first-order valence-electron chi connectivity index (χ1n) is 3.54. The van der Waals surface area contributed by atoms with Crippen LogP contribution in [0.15, 0.2) is 47.9 Å². The molecule has 0 saturated carbocycles. The lowest BCUT2D eigenvalue weighted by molar-refractivity contribution is 1.16. The van der Waals surface area contributed by atoms with Crippen molar-refractivity contribution in [3.63, 3.8) is 0 Å². The van der Waals surface area contributed by atoms with E-state index >= 15 is 0 Å². The van der Waals surface area contributed by atoms with Gasteiger partial charge >= 0.3 is 0 Å². The minimum atomic E-state index is 0.754. The maximum absolute atomic E-state index is 5.61. The van der Waals surface area contributed by atoms with Gasteiger partial charge in [-0.25, -0.2) is 0 Å². The molecule has 0 fully saturated rings. The summed E-state index contributed by atoms with van der Waals surface area (Å²) in [6.07, 6.45) is 12.0. The van der Waals surface area contributed by atoms with Crippen LogP contribution in [0.4, 0.5) is 0 Å². The van der Waals surface area contributed by atoms with Crippen LogP contribution in [0.5, 0.6) is 0 Å². The third-order valence-corrected chi connectivity index (χ3v) is 1.37. The van der Waals surface area contributed by atoms with Crippen LogP contribution in [0.1, 0.15) is 6.42 Å². The van der Waals surface area contributed by atoms with Gasteiger partial charge in [0.25, 0.3) is 0 Å². The highest BCUT2D eigenvalue weighted by atomic mass is 14.6. The number of hydrogen-bond donors (Lipinski definition) is 2. The van der Waals surface area contributed by atoms with E-state index in [0.717, 1.165) is 17.8 Å². The monoisotopic (exact) mass is 148 g/mol. The Balaban J connectivity index is 2.79. The van der Waals surface area contributed by atoms with Crippen molar-refractivity contribution in [3.8, 4) is 0 Å². The highest BCUT2D eigenvalue weighted by molar-refractivity contribution is 5.26. The van der Waals surface area contributed by atoms with Crippen molar-refractivity contribution in [1.29, 1.82) is 0 Å². The molecule has 0 aliphatic heterocycles. The third-order valence-electron chi connectivity index (χ3n) is 1.37. The zero-order chi connectivity index (χ0) is 8.10. The molecular weight excluding hydrogens is 136 g/mol. The lowest BCUT2D eigenvalue weighted by Crippen LogP contribution is -1.94. The van der Waals surface area contributed by atoms with E-state index in [0.29, 0.717) is 0 Å². The summed E-state index contributed by atoms with van der Waals surface area (Å²) in [5, 5.41) is 0. The molecule has 0 atom stereocenters. The Morgan fingerprint density at radius 2 is 1.82 bits per heavy atom. The standard InChI is InChI=1S/C9H12N2/c10-8-4-1-2-5-9(11)7-3-6-8/h1-6H,7,10-11H2/b2-1-,6-3?,8-4+,9-5+. The van der Waals surface area contributed by atoms with E-state index in [1.165, 1.54) is 0 Å². The van der Waals surface area contributed by atoms with E-state index in [-0.39, 0.29) is 0 Å². The Labute approximate surface area is 66.6 Å². The summed E-state index contributed by atoms with van der Waals surface area (Å²) in [5.74, 6) is 0. The molecule has 2 nitrogen and oxygen atoms in total. The first-order chi connectivity index (χ1) is 5.29. The Morgan fingerprint density at radius 1 is 1.09 bits per heavy atom. The fourth-order valence-electron chi connectivity index (χ4n) is 0.801. The van der Waals surface area contributed by atoms with E-state index in [1.807, 2.05) is 36.5 Å². The van der Waals surface area contributed by atoms with Gasteiger partial charge in [-0.15, -0.1) is 0 Å². The summed E-state index contributed by atoms with van der Waals surface area (Å²) in [6.45, 7) is 0. The van der Waals surface area contributed by atoms with Gasteiger partial charge in [0.15, 0.2) is 0 Å². The number of nitrogens with two attached hydrogens (primary N) is 2. The second-order valence-electron chi connectivity index (χ2n) is 2.40. The molecular formula is C9H12N2. The molecule has 0 amide bonds. The summed E-state index contributed by atoms with van der Waals surface area (Å²) >= 11 is 0. The zero-order valence-corrected chi connectivity index (χ0v) is 6.33. The van der Waals surface area contributed by atoms with Gasteiger partial charge in [-0.05, 0) is 18.2 Å². The third kappa shape index (κ3) is 2.76. The normalized spacial score (nSPS) is 30.2. The molecule has 0 aromatic carbocycles. The van der Waals surface area contributed by atoms with Gasteiger partial charge < -0.3 is 11.5 Å². The maximum atomic E-state index is 5.61. The van der Waals surface area contributed by atoms with Gasteiger partial charge in [0, 0.05) is 17.8 Å². The van der Waals surface area contributed by atoms with Crippen molar-refractivity contribution in [2.75, 3.05) is 0 Å². The van der Waals surface area contributed by atoms with Crippen LogP contribution in [-0.2, 0) is 0 Å². The van der Waals surface area contributed by atoms with Crippen LogP contribution in [-0.4, -0.2) is 0 Å². The minimum Gasteiger partial charge on any atom is -0.402 e. The van der Waals surface area contributed by atoms with Gasteiger partial charge in [-0.3, -0.25) is 0 Å². The molecule has 1 aliphatic rings. The molecule has 0 aromatic heterocycles. The molecule has 1 aliphatic carbocycles. The van der Waals surface area contributed by atoms with Crippen molar-refractivity contribution in [2.45, 2.75) is 6.42 Å². The van der Waals surface area contributed by atoms with Crippen molar-refractivity contribution in [1.82, 2.24) is 0 Å². The van der Waals surface area contributed by atoms with Crippen LogP contribution in [0.2, 0.25) is 0 Å². The summed E-state index contributed by atoms with van der Waals surface area (Å²) < 4.78 is 0. The Hall–Kier alpha value is -1.44. The summed E-state index contributed by atoms with van der Waals surface area (Å²) in [7, 11) is 0. The molecule has 0 saturated heterocycles. The summed E-state index contributed by atoms with van der Waals surface area (Å²) in [4.78, 5) is 0. The second kappa shape index (κ2) is 3.66. The van der Waals surface area contributed by atoms with Gasteiger partial charge in [-0.2, -0.15) is 0 Å². The predicted octanol–water partition coefficient (Wildman–Crippen LogP) is 1.19. The fraction of sp³-hybridized carbons (Fsp3) is 0.111. The highest BCUT2D eigenvalue weighted by Crippen LogP contribution is 2.00. The molecule has 11 heavy (non-hydrogen) atoms. The first-order valence-corrected chi connectivity index (χ1v) is 3.54. The van der Waals surface area contributed by atoms with Gasteiger partial charge in [0.2, 0.25) is 0 Å². The maximum Gasteiger partial charge on any atom is 0.0310 e. The van der Waals surface area contributed by atoms with Crippen LogP contribution >= 0.6 is 0 Å². The fourth-order valence-corrected chi connectivity index (χ4v) is 0.801. The Bertz CT molecular complexity index is 244. The van der Waals surface area contributed by atoms with Crippen molar-refractivity contribution in [3.05, 3.63) is 47.9 Å². The molecule has 1 rings (SSSR count). The van der Waals surface area contributed by atoms with Gasteiger partial charge in [0.05, 0.1) is 0 Å². The van der Waals surface area contributed by atoms with Gasteiger partial charge in [-0.1, -0.05) is 18.2 Å². The minimum absolute atomic E-state index is 0.754. The lowest BCUT2D eigenvalue weighted by Gasteiger charge is -1.91. The quantitative estimate of drug-likeness (QED) is 0.542. The van der Waals surface area contributed by atoms with E-state index in [9.17, 15) is 0 Å². The molecule has 58 valence electrons. The van der Waals surface area contributed by atoms with Crippen LogP contribution < -0.4 is 11.5 Å². The molecule has 0 heterocycles. The second-order valence-corrected chi connectivity index (χ2v) is 2.40. The summed E-state index contributed by atoms with van der Waals surface area (Å²) in [5.41, 5.74) is 12.8. The zero-order valence-electron chi connectivity index (χ0n) is 6.33. The smallest absolute Gasteiger partial charge is 0.0310 e. The largest absolute Gasteiger partial charge is 0.402 e. The van der Waals surface area contributed by atoms with Crippen LogP contribution in [0, 0.1) is 0 Å². The van der Waals surface area contributed by atoms with Gasteiger partial charge in [0.1, 0.15) is 0 Å². The topological polar surface area (TPSA) is 52.0 Å². The molecule has 0 aromatic rings. The predicted molar refractivity (Wildman–Crippen MR) is 47.4 cm³/mol. The molecule has 2 heteroatoms. The molecule has 0 bridgehead atoms. The number of allylic oxidation sites excluding steroid dienone is 6. The van der Waals surface area contributed by atoms with Crippen molar-refractivity contribution < 1.29 is 0 Å². The van der Waals surface area contributed by atoms with Crippen LogP contribution in [0.25, 0.3) is 0 Å². The molecule has 0 radical (unpaired) electrons. The average molecular weight is 148 g/mol. The highest BCUT2D eigenvalue weighted by Gasteiger charge is 1.86. The molecule has 0 spiro atoms. The average Bonchev–Trinajstić information content (AvgIpc) is 2.04. The number of rotatable bonds is 0. The number of hydrogen-bond acceptors (Lipinski definition) is 2. The Morgan fingerprint density at radius 3 is 2.64 bits per heavy atom. The molecule has 0 unspecified atom stereocenters. The van der Waals surface area contributed by atoms with E-state index in [2.05, 4.69) is 0 Å². The Kier molecular flexibility index (Phi) is 2.55. The van der Waals surface area contributed by atoms with Crippen molar-refractivity contribution in [2.24, 2.45) is 11.5 Å². The molecule has 4 N–H and O–H groups in total. The van der Waals surface area contributed by atoms with E-state index < -0.39 is 0 Å². The van der Waals surface area contributed by atoms with E-state index in [4.69, 9.17) is 11.5 Å². The first kappa shape index (κ1) is 7.66.